The van der Waals surface area contributed by atoms with Crippen LogP contribution in [0.1, 0.15) is 59.5 Å². The van der Waals surface area contributed by atoms with Gasteiger partial charge in [-0.1, -0.05) is 116 Å². The Balaban J connectivity index is 1.29. The highest BCUT2D eigenvalue weighted by atomic mass is 16.5. The molecule has 1 unspecified atom stereocenters. The summed E-state index contributed by atoms with van der Waals surface area (Å²) in [6.45, 7) is 3.01. The fraction of sp³-hybridized carbons (Fsp3) is 0.268. The number of nitrogens with zero attached hydrogens (tertiary/aromatic N) is 2. The third-order valence-corrected chi connectivity index (χ3v) is 8.50. The van der Waals surface area contributed by atoms with Gasteiger partial charge in [-0.2, -0.15) is 0 Å². The smallest absolute Gasteiger partial charge is 0.407 e. The molecule has 1 heterocycles. The topological polar surface area (TPSA) is 126 Å². The van der Waals surface area contributed by atoms with Crippen molar-refractivity contribution in [1.82, 2.24) is 25.5 Å². The Hall–Kier alpha value is -5.90. The monoisotopic (exact) mass is 687 g/mol. The summed E-state index contributed by atoms with van der Waals surface area (Å²) in [4.78, 5) is 49.2. The van der Waals surface area contributed by atoms with E-state index in [0.29, 0.717) is 24.6 Å². The van der Waals surface area contributed by atoms with Crippen LogP contribution in [0.5, 0.6) is 5.75 Å². The third-order valence-electron chi connectivity index (χ3n) is 8.50. The minimum atomic E-state index is -0.852. The first-order valence-corrected chi connectivity index (χ1v) is 17.3. The molecule has 1 aromatic heterocycles. The maximum atomic E-state index is 14.3. The van der Waals surface area contributed by atoms with Crippen LogP contribution in [0.4, 0.5) is 4.79 Å². The van der Waals surface area contributed by atoms with Gasteiger partial charge in [-0.05, 0) is 40.8 Å². The quantitative estimate of drug-likeness (QED) is 0.0939. The van der Waals surface area contributed by atoms with Crippen LogP contribution < -0.4 is 15.4 Å². The van der Waals surface area contributed by atoms with Crippen LogP contribution in [0.2, 0.25) is 0 Å². The molecule has 4 aromatic carbocycles. The average Bonchev–Trinajstić information content (AvgIpc) is 3.71. The van der Waals surface area contributed by atoms with Crippen molar-refractivity contribution in [3.8, 4) is 5.75 Å². The minimum Gasteiger partial charge on any atom is -0.489 e. The van der Waals surface area contributed by atoms with E-state index >= 15 is 0 Å². The van der Waals surface area contributed by atoms with Gasteiger partial charge in [0.1, 0.15) is 19.0 Å². The lowest BCUT2D eigenvalue weighted by molar-refractivity contribution is -0.138. The lowest BCUT2D eigenvalue weighted by Crippen LogP contribution is -2.45. The number of aromatic nitrogens is 2. The highest BCUT2D eigenvalue weighted by Crippen LogP contribution is 2.22. The van der Waals surface area contributed by atoms with Crippen molar-refractivity contribution in [2.75, 3.05) is 19.6 Å². The van der Waals surface area contributed by atoms with E-state index in [1.165, 1.54) is 11.2 Å². The predicted molar refractivity (Wildman–Crippen MR) is 196 cm³/mol. The fourth-order valence-corrected chi connectivity index (χ4v) is 5.76. The van der Waals surface area contributed by atoms with Gasteiger partial charge in [0, 0.05) is 37.4 Å². The number of H-pyrrole nitrogens is 1. The molecule has 0 saturated carbocycles. The summed E-state index contributed by atoms with van der Waals surface area (Å²) in [5, 5.41) is 5.80. The van der Waals surface area contributed by atoms with Crippen molar-refractivity contribution < 1.29 is 23.9 Å². The number of alkyl carbamates (subject to hydrolysis) is 1. The van der Waals surface area contributed by atoms with Crippen molar-refractivity contribution in [3.05, 3.63) is 156 Å². The van der Waals surface area contributed by atoms with Gasteiger partial charge in [-0.3, -0.25) is 9.59 Å². The standard InChI is InChI=1S/C41H45N5O5/c1-2-12-35(34-17-10-5-11-18-34)23-43-39(47)27-46(26-31-19-21-36(22-20-31)50-28-32-13-6-3-7-14-32)40(48)37(38-25-42-30-45-38)24-44-41(49)51-29-33-15-8-4-9-16-33/h3-11,13-22,25,30,35,37H,2,12,23-24,26-29H2,1H3,(H,42,45)(H,43,47)(H,44,49)/t35?,37-/m0/s1. The van der Waals surface area contributed by atoms with Crippen molar-refractivity contribution in [2.24, 2.45) is 0 Å². The minimum absolute atomic E-state index is 0.0639. The van der Waals surface area contributed by atoms with Crippen LogP contribution in [0.3, 0.4) is 0 Å². The number of rotatable bonds is 18. The molecule has 0 saturated heterocycles. The fourth-order valence-electron chi connectivity index (χ4n) is 5.76. The van der Waals surface area contributed by atoms with Crippen LogP contribution in [-0.4, -0.2) is 52.4 Å². The first kappa shape index (κ1) is 36.4. The molecule has 10 heteroatoms. The van der Waals surface area contributed by atoms with E-state index < -0.39 is 12.0 Å². The molecule has 0 aliphatic rings. The molecule has 0 bridgehead atoms. The lowest BCUT2D eigenvalue weighted by Gasteiger charge is -2.27. The first-order chi connectivity index (χ1) is 25.0. The number of benzene rings is 4. The Bertz CT molecular complexity index is 1770. The number of imidazole rings is 1. The molecule has 3 N–H and O–H groups in total. The number of ether oxygens (including phenoxy) is 2. The number of hydrogen-bond acceptors (Lipinski definition) is 6. The molecular weight excluding hydrogens is 642 g/mol. The van der Waals surface area contributed by atoms with E-state index in [0.717, 1.165) is 35.1 Å². The number of nitrogens with one attached hydrogen (secondary N) is 3. The Morgan fingerprint density at radius 2 is 1.41 bits per heavy atom. The van der Waals surface area contributed by atoms with Gasteiger partial charge < -0.3 is 30.0 Å². The van der Waals surface area contributed by atoms with Crippen LogP contribution in [-0.2, 0) is 34.1 Å². The van der Waals surface area contributed by atoms with Crippen LogP contribution in [0.15, 0.2) is 128 Å². The maximum absolute atomic E-state index is 14.3. The average molecular weight is 688 g/mol. The zero-order valence-electron chi connectivity index (χ0n) is 28.9. The summed E-state index contributed by atoms with van der Waals surface area (Å²) in [7, 11) is 0. The van der Waals surface area contributed by atoms with Crippen molar-refractivity contribution in [3.63, 3.8) is 0 Å². The van der Waals surface area contributed by atoms with E-state index in [9.17, 15) is 14.4 Å². The molecule has 0 fully saturated rings. The molecule has 0 aliphatic heterocycles. The largest absolute Gasteiger partial charge is 0.489 e. The second kappa shape index (κ2) is 19.3. The van der Waals surface area contributed by atoms with E-state index in [-0.39, 0.29) is 44.0 Å². The highest BCUT2D eigenvalue weighted by Gasteiger charge is 2.29. The number of carbonyl (C=O) groups is 3. The normalized spacial score (nSPS) is 11.9. The summed E-state index contributed by atoms with van der Waals surface area (Å²) in [6, 6.07) is 36.8. The van der Waals surface area contributed by atoms with Gasteiger partial charge in [-0.15, -0.1) is 0 Å². The van der Waals surface area contributed by atoms with Gasteiger partial charge in [0.05, 0.1) is 18.8 Å². The number of aromatic amines is 1. The Morgan fingerprint density at radius 1 is 0.765 bits per heavy atom. The van der Waals surface area contributed by atoms with Crippen molar-refractivity contribution in [1.29, 1.82) is 0 Å². The Kier molecular flexibility index (Phi) is 13.8. The van der Waals surface area contributed by atoms with E-state index in [1.54, 1.807) is 6.20 Å². The zero-order valence-corrected chi connectivity index (χ0v) is 28.9. The van der Waals surface area contributed by atoms with Crippen LogP contribution in [0.25, 0.3) is 0 Å². The molecule has 3 amide bonds. The van der Waals surface area contributed by atoms with Crippen LogP contribution in [0, 0.1) is 0 Å². The second-order valence-corrected chi connectivity index (χ2v) is 12.3. The van der Waals surface area contributed by atoms with Gasteiger partial charge in [0.2, 0.25) is 11.8 Å². The zero-order chi connectivity index (χ0) is 35.7. The lowest BCUT2D eigenvalue weighted by atomic mass is 9.94. The molecule has 264 valence electrons. The molecule has 2 atom stereocenters. The number of amides is 3. The molecular formula is C41H45N5O5. The Morgan fingerprint density at radius 3 is 2.04 bits per heavy atom. The van der Waals surface area contributed by atoms with Gasteiger partial charge in [0.25, 0.3) is 0 Å². The van der Waals surface area contributed by atoms with E-state index in [2.05, 4.69) is 39.7 Å². The third kappa shape index (κ3) is 11.6. The molecule has 0 spiro atoms. The van der Waals surface area contributed by atoms with Gasteiger partial charge >= 0.3 is 6.09 Å². The van der Waals surface area contributed by atoms with Crippen LogP contribution >= 0.6 is 0 Å². The first-order valence-electron chi connectivity index (χ1n) is 17.3. The summed E-state index contributed by atoms with van der Waals surface area (Å²) in [6.07, 6.45) is 4.25. The maximum Gasteiger partial charge on any atom is 0.407 e. The van der Waals surface area contributed by atoms with E-state index in [4.69, 9.17) is 9.47 Å². The summed E-state index contributed by atoms with van der Waals surface area (Å²) in [5.41, 5.74) is 4.38. The molecule has 0 radical (unpaired) electrons. The molecule has 10 nitrogen and oxygen atoms in total. The molecule has 51 heavy (non-hydrogen) atoms. The molecule has 5 rings (SSSR count). The molecule has 0 aliphatic carbocycles. The summed E-state index contributed by atoms with van der Waals surface area (Å²) < 4.78 is 11.3. The second-order valence-electron chi connectivity index (χ2n) is 12.3. The van der Waals surface area contributed by atoms with E-state index in [1.807, 2.05) is 103 Å². The van der Waals surface area contributed by atoms with Crippen molar-refractivity contribution >= 4 is 17.9 Å². The Labute approximate surface area is 299 Å². The van der Waals surface area contributed by atoms with Gasteiger partial charge in [-0.25, -0.2) is 9.78 Å². The summed E-state index contributed by atoms with van der Waals surface area (Å²) >= 11 is 0. The van der Waals surface area contributed by atoms with Gasteiger partial charge in [0.15, 0.2) is 0 Å². The highest BCUT2D eigenvalue weighted by molar-refractivity contribution is 5.89. The molecule has 5 aromatic rings. The summed E-state index contributed by atoms with van der Waals surface area (Å²) in [5.74, 6) is -0.640. The number of carbonyl (C=O) groups excluding carboxylic acids is 3. The van der Waals surface area contributed by atoms with Crippen molar-refractivity contribution in [2.45, 2.75) is 51.4 Å². The number of hydrogen-bond donors (Lipinski definition) is 3. The SMILES string of the molecule is CCCC(CNC(=O)CN(Cc1ccc(OCc2ccccc2)cc1)C(=O)[C@@H](CNC(=O)OCc1ccccc1)c1cnc[nH]1)c1ccccc1. The predicted octanol–water partition coefficient (Wildman–Crippen LogP) is 6.73.